The summed E-state index contributed by atoms with van der Waals surface area (Å²) < 4.78 is 5.19. The highest BCUT2D eigenvalue weighted by atomic mass is 32.1. The average Bonchev–Trinajstić information content (AvgIpc) is 3.06. The molecule has 0 atom stereocenters. The minimum absolute atomic E-state index is 0.308. The van der Waals surface area contributed by atoms with Crippen LogP contribution in [0, 0.1) is 0 Å². The molecule has 0 amide bonds. The van der Waals surface area contributed by atoms with E-state index in [1.165, 1.54) is 22.5 Å². The Morgan fingerprint density at radius 1 is 1.29 bits per heavy atom. The molecule has 0 bridgehead atoms. The number of benzene rings is 1. The van der Waals surface area contributed by atoms with Crippen molar-refractivity contribution in [2.75, 3.05) is 18.1 Å². The molecule has 0 N–H and O–H groups in total. The normalized spacial score (nSPS) is 13.8. The standard InChI is InChI=1S/C18H17N3O2S/c1-2-23-18(22)14-10-24-17-15(14)16(19-11-20-17)21-8-7-12-5-3-4-6-13(12)9-21/h3-6,10-11H,2,7-9H2,1H3. The number of rotatable bonds is 3. The first-order chi connectivity index (χ1) is 11.8. The van der Waals surface area contributed by atoms with Crippen molar-refractivity contribution in [3.05, 3.63) is 52.7 Å². The van der Waals surface area contributed by atoms with E-state index in [9.17, 15) is 4.79 Å². The van der Waals surface area contributed by atoms with Crippen molar-refractivity contribution in [3.63, 3.8) is 0 Å². The summed E-state index contributed by atoms with van der Waals surface area (Å²) in [6.45, 7) is 3.84. The third-order valence-corrected chi connectivity index (χ3v) is 5.16. The van der Waals surface area contributed by atoms with Crippen LogP contribution in [0.3, 0.4) is 0 Å². The molecule has 1 aliphatic heterocycles. The smallest absolute Gasteiger partial charge is 0.339 e. The zero-order valence-corrected chi connectivity index (χ0v) is 14.2. The fourth-order valence-electron chi connectivity index (χ4n) is 3.13. The van der Waals surface area contributed by atoms with Gasteiger partial charge in [0.05, 0.1) is 17.6 Å². The number of esters is 1. The Labute approximate surface area is 143 Å². The molecule has 1 aliphatic rings. The number of carbonyl (C=O) groups is 1. The second-order valence-electron chi connectivity index (χ2n) is 5.69. The molecule has 0 aliphatic carbocycles. The van der Waals surface area contributed by atoms with Crippen LogP contribution in [0.25, 0.3) is 10.2 Å². The van der Waals surface area contributed by atoms with Crippen LogP contribution in [0.5, 0.6) is 0 Å². The van der Waals surface area contributed by atoms with Gasteiger partial charge in [0.15, 0.2) is 0 Å². The molecule has 122 valence electrons. The summed E-state index contributed by atoms with van der Waals surface area (Å²) >= 11 is 1.45. The third-order valence-electron chi connectivity index (χ3n) is 4.28. The summed E-state index contributed by atoms with van der Waals surface area (Å²) in [5.41, 5.74) is 3.25. The SMILES string of the molecule is CCOC(=O)c1csc2ncnc(N3CCc4ccccc4C3)c12. The van der Waals surface area contributed by atoms with Crippen molar-refractivity contribution in [2.45, 2.75) is 19.9 Å². The zero-order chi connectivity index (χ0) is 16.5. The number of carbonyl (C=O) groups excluding carboxylic acids is 1. The van der Waals surface area contributed by atoms with Gasteiger partial charge >= 0.3 is 5.97 Å². The molecule has 0 fully saturated rings. The lowest BCUT2D eigenvalue weighted by Gasteiger charge is -2.30. The molecule has 0 saturated carbocycles. The Morgan fingerprint density at radius 3 is 2.96 bits per heavy atom. The summed E-state index contributed by atoms with van der Waals surface area (Å²) in [6.07, 6.45) is 2.55. The van der Waals surface area contributed by atoms with Crippen LogP contribution in [-0.4, -0.2) is 29.1 Å². The number of aromatic nitrogens is 2. The van der Waals surface area contributed by atoms with Gasteiger partial charge in [0.2, 0.25) is 0 Å². The van der Waals surface area contributed by atoms with Crippen LogP contribution < -0.4 is 4.90 Å². The van der Waals surface area contributed by atoms with Crippen LogP contribution >= 0.6 is 11.3 Å². The molecule has 3 aromatic rings. The summed E-state index contributed by atoms with van der Waals surface area (Å²) in [5, 5.41) is 2.62. The van der Waals surface area contributed by atoms with E-state index in [1.807, 2.05) is 12.3 Å². The van der Waals surface area contributed by atoms with Crippen molar-refractivity contribution >= 4 is 33.3 Å². The largest absolute Gasteiger partial charge is 0.462 e. The number of hydrogen-bond acceptors (Lipinski definition) is 6. The molecule has 1 aromatic carbocycles. The molecule has 0 radical (unpaired) electrons. The van der Waals surface area contributed by atoms with Crippen LogP contribution in [0.15, 0.2) is 36.0 Å². The van der Waals surface area contributed by atoms with Crippen molar-refractivity contribution in [3.8, 4) is 0 Å². The maximum atomic E-state index is 12.3. The number of ether oxygens (including phenoxy) is 1. The van der Waals surface area contributed by atoms with E-state index in [0.29, 0.717) is 12.2 Å². The minimum atomic E-state index is -0.308. The van der Waals surface area contributed by atoms with Crippen molar-refractivity contribution < 1.29 is 9.53 Å². The van der Waals surface area contributed by atoms with E-state index in [0.717, 1.165) is 35.5 Å². The molecule has 6 heteroatoms. The maximum Gasteiger partial charge on any atom is 0.339 e. The molecule has 2 aromatic heterocycles. The lowest BCUT2D eigenvalue weighted by Crippen LogP contribution is -2.31. The first kappa shape index (κ1) is 15.1. The highest BCUT2D eigenvalue weighted by Crippen LogP contribution is 2.34. The van der Waals surface area contributed by atoms with Crippen LogP contribution in [0.1, 0.15) is 28.4 Å². The van der Waals surface area contributed by atoms with Gasteiger partial charge in [0.25, 0.3) is 0 Å². The second-order valence-corrected chi connectivity index (χ2v) is 6.55. The number of nitrogens with zero attached hydrogens (tertiary/aromatic N) is 3. The zero-order valence-electron chi connectivity index (χ0n) is 13.4. The third kappa shape index (κ3) is 2.53. The van der Waals surface area contributed by atoms with E-state index >= 15 is 0 Å². The Morgan fingerprint density at radius 2 is 2.12 bits per heavy atom. The van der Waals surface area contributed by atoms with Gasteiger partial charge in [-0.2, -0.15) is 0 Å². The van der Waals surface area contributed by atoms with Crippen LogP contribution in [0.2, 0.25) is 0 Å². The predicted molar refractivity (Wildman–Crippen MR) is 94.6 cm³/mol. The van der Waals surface area contributed by atoms with Crippen LogP contribution in [0.4, 0.5) is 5.82 Å². The van der Waals surface area contributed by atoms with Gasteiger partial charge in [-0.25, -0.2) is 14.8 Å². The predicted octanol–water partition coefficient (Wildman–Crippen LogP) is 3.43. The van der Waals surface area contributed by atoms with E-state index in [-0.39, 0.29) is 5.97 Å². The van der Waals surface area contributed by atoms with Crippen molar-refractivity contribution in [1.29, 1.82) is 0 Å². The molecule has 0 spiro atoms. The molecule has 3 heterocycles. The fourth-order valence-corrected chi connectivity index (χ4v) is 4.01. The first-order valence-corrected chi connectivity index (χ1v) is 8.87. The van der Waals surface area contributed by atoms with E-state index < -0.39 is 0 Å². The first-order valence-electron chi connectivity index (χ1n) is 7.99. The van der Waals surface area contributed by atoms with Gasteiger partial charge in [-0.3, -0.25) is 0 Å². The molecule has 0 unspecified atom stereocenters. The van der Waals surface area contributed by atoms with Crippen LogP contribution in [-0.2, 0) is 17.7 Å². The molecular weight excluding hydrogens is 322 g/mol. The Hall–Kier alpha value is -2.47. The topological polar surface area (TPSA) is 55.3 Å². The average molecular weight is 339 g/mol. The Balaban J connectivity index is 1.77. The molecule has 24 heavy (non-hydrogen) atoms. The fraction of sp³-hybridized carbons (Fsp3) is 0.278. The Bertz CT molecular complexity index is 906. The van der Waals surface area contributed by atoms with Gasteiger partial charge in [-0.1, -0.05) is 24.3 Å². The number of fused-ring (bicyclic) bond motifs is 2. The second kappa shape index (κ2) is 6.20. The van der Waals surface area contributed by atoms with E-state index in [4.69, 9.17) is 4.74 Å². The minimum Gasteiger partial charge on any atom is -0.462 e. The van der Waals surface area contributed by atoms with E-state index in [1.54, 1.807) is 6.33 Å². The molecule has 4 rings (SSSR count). The van der Waals surface area contributed by atoms with Gasteiger partial charge in [-0.05, 0) is 24.5 Å². The van der Waals surface area contributed by atoms with Crippen molar-refractivity contribution in [1.82, 2.24) is 9.97 Å². The van der Waals surface area contributed by atoms with Gasteiger partial charge in [-0.15, -0.1) is 11.3 Å². The number of anilines is 1. The summed E-state index contributed by atoms with van der Waals surface area (Å²) in [5.74, 6) is 0.510. The quantitative estimate of drug-likeness (QED) is 0.684. The highest BCUT2D eigenvalue weighted by Gasteiger charge is 2.24. The summed E-state index contributed by atoms with van der Waals surface area (Å²) in [6, 6.07) is 8.47. The maximum absolute atomic E-state index is 12.3. The van der Waals surface area contributed by atoms with Gasteiger partial charge < -0.3 is 9.64 Å². The van der Waals surface area contributed by atoms with Gasteiger partial charge in [0.1, 0.15) is 17.0 Å². The summed E-state index contributed by atoms with van der Waals surface area (Å²) in [4.78, 5) is 24.1. The monoisotopic (exact) mass is 339 g/mol. The summed E-state index contributed by atoms with van der Waals surface area (Å²) in [7, 11) is 0. The molecular formula is C18H17N3O2S. The lowest BCUT2D eigenvalue weighted by molar-refractivity contribution is 0.0529. The molecule has 0 saturated heterocycles. The number of hydrogen-bond donors (Lipinski definition) is 0. The Kier molecular flexibility index (Phi) is 3.90. The van der Waals surface area contributed by atoms with E-state index in [2.05, 4.69) is 39.1 Å². The van der Waals surface area contributed by atoms with Crippen molar-refractivity contribution in [2.24, 2.45) is 0 Å². The lowest BCUT2D eigenvalue weighted by atomic mass is 10.00. The highest BCUT2D eigenvalue weighted by molar-refractivity contribution is 7.17. The number of thiophene rings is 1. The molecule has 5 nitrogen and oxygen atoms in total. The van der Waals surface area contributed by atoms with Gasteiger partial charge in [0, 0.05) is 18.5 Å².